The zero-order valence-corrected chi connectivity index (χ0v) is 20.3. The first-order valence-electron chi connectivity index (χ1n) is 8.58. The summed E-state index contributed by atoms with van der Waals surface area (Å²) in [6.07, 6.45) is -2.54. The minimum absolute atomic E-state index is 0.0361. The highest BCUT2D eigenvalue weighted by Crippen LogP contribution is 2.58. The lowest BCUT2D eigenvalue weighted by Gasteiger charge is -2.13. The lowest BCUT2D eigenvalue weighted by atomic mass is 10.1. The second-order valence-corrected chi connectivity index (χ2v) is 12.1. The summed E-state index contributed by atoms with van der Waals surface area (Å²) in [7, 11) is 2.03. The van der Waals surface area contributed by atoms with Crippen LogP contribution in [0.4, 0.5) is 0 Å². The van der Waals surface area contributed by atoms with E-state index in [-0.39, 0.29) is 17.3 Å². The molecule has 0 aliphatic rings. The van der Waals surface area contributed by atoms with Crippen LogP contribution in [0.25, 0.3) is 6.08 Å². The molecule has 170 valence electrons. The highest BCUT2D eigenvalue weighted by Gasteiger charge is 2.20. The molecule has 0 N–H and O–H groups in total. The fraction of sp³-hybridized carbons (Fsp3) is 0.263. The summed E-state index contributed by atoms with van der Waals surface area (Å²) in [4.78, 5) is 0. The maximum absolute atomic E-state index is 12.7. The van der Waals surface area contributed by atoms with Crippen LogP contribution in [0.2, 0.25) is 0 Å². The van der Waals surface area contributed by atoms with Gasteiger partial charge in [0.05, 0.1) is 39.8 Å². The Morgan fingerprint density at radius 3 is 1.94 bits per heavy atom. The first kappa shape index (κ1) is 25.2. The zero-order valence-electron chi connectivity index (χ0n) is 17.1. The molecule has 0 bridgehead atoms. The molecule has 0 aliphatic carbocycles. The molecular weight excluding hydrogens is 490 g/mol. The Bertz CT molecular complexity index is 1090. The molecule has 0 heterocycles. The molecule has 0 atom stereocenters. The Labute approximate surface area is 190 Å². The fourth-order valence-electron chi connectivity index (χ4n) is 2.65. The molecule has 0 aromatic heterocycles. The number of rotatable bonds is 10. The molecule has 0 amide bonds. The molecule has 0 spiro atoms. The van der Waals surface area contributed by atoms with E-state index in [0.717, 1.165) is 5.41 Å². The van der Waals surface area contributed by atoms with Crippen LogP contribution in [-0.4, -0.2) is 36.9 Å². The molecule has 0 saturated heterocycles. The zero-order chi connectivity index (χ0) is 23.2. The topological polar surface area (TPSA) is 97.4 Å². The molecule has 0 saturated carbocycles. The van der Waals surface area contributed by atoms with E-state index in [4.69, 9.17) is 46.0 Å². The van der Waals surface area contributed by atoms with Gasteiger partial charge < -0.3 is 23.5 Å². The molecule has 12 heteroatoms. The largest absolute Gasteiger partial charge is 0.496 e. The summed E-state index contributed by atoms with van der Waals surface area (Å²) in [6.45, 7) is 0. The Kier molecular flexibility index (Phi) is 8.54. The van der Waals surface area contributed by atoms with Gasteiger partial charge in [0.15, 0.2) is 21.3 Å². The number of hydrogen-bond acceptors (Lipinski definition) is 8. The Balaban J connectivity index is 2.35. The number of ether oxygens (including phenoxy) is 4. The van der Waals surface area contributed by atoms with Crippen molar-refractivity contribution in [3.8, 4) is 28.7 Å². The smallest absolute Gasteiger partial charge is 0.428 e. The molecular formula is C19H21Cl2O8PS. The van der Waals surface area contributed by atoms with Crippen molar-refractivity contribution in [2.45, 2.75) is 5.75 Å². The van der Waals surface area contributed by atoms with Crippen molar-refractivity contribution >= 4 is 44.5 Å². The van der Waals surface area contributed by atoms with Crippen molar-refractivity contribution < 1.29 is 36.5 Å². The lowest BCUT2D eigenvalue weighted by molar-refractivity contribution is 0.374. The van der Waals surface area contributed by atoms with Crippen LogP contribution in [0.15, 0.2) is 35.7 Å². The molecule has 0 fully saturated rings. The van der Waals surface area contributed by atoms with Gasteiger partial charge in [-0.2, -0.15) is 0 Å². The van der Waals surface area contributed by atoms with E-state index in [1.54, 1.807) is 12.1 Å². The third kappa shape index (κ3) is 7.25. The molecule has 31 heavy (non-hydrogen) atoms. The maximum atomic E-state index is 12.7. The second-order valence-electron chi connectivity index (χ2n) is 6.05. The van der Waals surface area contributed by atoms with E-state index in [2.05, 4.69) is 0 Å². The average molecular weight is 511 g/mol. The van der Waals surface area contributed by atoms with E-state index in [0.29, 0.717) is 28.4 Å². The highest BCUT2D eigenvalue weighted by molar-refractivity contribution is 8.05. The Morgan fingerprint density at radius 2 is 1.45 bits per heavy atom. The van der Waals surface area contributed by atoms with Crippen molar-refractivity contribution in [3.63, 3.8) is 0 Å². The number of sulfone groups is 1. The molecule has 2 aromatic rings. The minimum Gasteiger partial charge on any atom is -0.496 e. The summed E-state index contributed by atoms with van der Waals surface area (Å²) in [6, 6.07) is 7.55. The van der Waals surface area contributed by atoms with Crippen molar-refractivity contribution in [2.75, 3.05) is 28.4 Å². The van der Waals surface area contributed by atoms with Gasteiger partial charge in [0.2, 0.25) is 0 Å². The monoisotopic (exact) mass is 510 g/mol. The molecule has 8 nitrogen and oxygen atoms in total. The number of halogens is 2. The Hall–Kier alpha value is -2.06. The third-order valence-electron chi connectivity index (χ3n) is 4.00. The van der Waals surface area contributed by atoms with Gasteiger partial charge in [0, 0.05) is 40.0 Å². The van der Waals surface area contributed by atoms with Crippen LogP contribution >= 0.6 is 28.6 Å². The van der Waals surface area contributed by atoms with E-state index >= 15 is 0 Å². The second kappa shape index (κ2) is 10.5. The predicted molar refractivity (Wildman–Crippen MR) is 121 cm³/mol. The van der Waals surface area contributed by atoms with Crippen molar-refractivity contribution in [1.82, 2.24) is 0 Å². The predicted octanol–water partition coefficient (Wildman–Crippen LogP) is 5.27. The van der Waals surface area contributed by atoms with Crippen LogP contribution in [0, 0.1) is 0 Å². The standard InChI is InChI=1S/C19H21Cl2O8PS/c1-25-14-10-17(27-3)15(18(11-14)28-4)7-8-31(23,24)12-13-5-6-16(26-2)19(9-13)29-30(20,21)22/h5-11H,12H2,1-4H3. The van der Waals surface area contributed by atoms with E-state index in [1.807, 2.05) is 0 Å². The quantitative estimate of drug-likeness (QED) is 0.398. The minimum atomic E-state index is -3.91. The van der Waals surface area contributed by atoms with Gasteiger partial charge in [0.1, 0.15) is 17.2 Å². The van der Waals surface area contributed by atoms with Crippen LogP contribution in [0.3, 0.4) is 0 Å². The first-order chi connectivity index (χ1) is 14.5. The van der Waals surface area contributed by atoms with Crippen molar-refractivity contribution in [2.24, 2.45) is 0 Å². The van der Waals surface area contributed by atoms with E-state index < -0.39 is 15.9 Å². The normalized spacial score (nSPS) is 11.9. The van der Waals surface area contributed by atoms with Gasteiger partial charge in [-0.15, -0.1) is 0 Å². The number of methoxy groups -OCH3 is 4. The van der Waals surface area contributed by atoms with E-state index in [1.165, 1.54) is 52.7 Å². The molecule has 2 rings (SSSR count). The van der Waals surface area contributed by atoms with Crippen molar-refractivity contribution in [1.29, 1.82) is 0 Å². The van der Waals surface area contributed by atoms with Crippen LogP contribution < -0.4 is 23.5 Å². The van der Waals surface area contributed by atoms with Gasteiger partial charge in [0.25, 0.3) is 0 Å². The summed E-state index contributed by atoms with van der Waals surface area (Å²) in [5, 5.41) is 1.04. The summed E-state index contributed by atoms with van der Waals surface area (Å²) >= 11 is 10.9. The van der Waals surface area contributed by atoms with Gasteiger partial charge in [-0.1, -0.05) is 6.07 Å². The summed E-state index contributed by atoms with van der Waals surface area (Å²) < 4.78 is 62.8. The molecule has 0 radical (unpaired) electrons. The van der Waals surface area contributed by atoms with Crippen molar-refractivity contribution in [3.05, 3.63) is 46.9 Å². The SMILES string of the molecule is COc1cc(OC)c(C=CS(=O)(=O)Cc2ccc(OC)c(OP(=O)(Cl)Cl)c2)c(OC)c1. The maximum Gasteiger partial charge on any atom is 0.428 e. The number of hydrogen-bond donors (Lipinski definition) is 0. The molecule has 2 aromatic carbocycles. The molecule has 0 unspecified atom stereocenters. The van der Waals surface area contributed by atoms with Gasteiger partial charge >= 0.3 is 6.07 Å². The summed E-state index contributed by atoms with van der Waals surface area (Å²) in [5.41, 5.74) is 0.772. The molecule has 0 aliphatic heterocycles. The van der Waals surface area contributed by atoms with Gasteiger partial charge in [-0.05, 0) is 23.8 Å². The van der Waals surface area contributed by atoms with Gasteiger partial charge in [-0.3, -0.25) is 0 Å². The third-order valence-corrected chi connectivity index (χ3v) is 6.11. The Morgan fingerprint density at radius 1 is 0.871 bits per heavy atom. The van der Waals surface area contributed by atoms with Crippen LogP contribution in [0.1, 0.15) is 11.1 Å². The van der Waals surface area contributed by atoms with E-state index in [9.17, 15) is 13.0 Å². The highest BCUT2D eigenvalue weighted by atomic mass is 35.9. The fourth-order valence-corrected chi connectivity index (χ4v) is 4.55. The first-order valence-corrected chi connectivity index (χ1v) is 13.7. The lowest BCUT2D eigenvalue weighted by Crippen LogP contribution is -2.01. The summed E-state index contributed by atoms with van der Waals surface area (Å²) in [5.74, 6) is 1.04. The van der Waals surface area contributed by atoms with Crippen LogP contribution in [0.5, 0.6) is 28.7 Å². The number of benzene rings is 2. The average Bonchev–Trinajstić information content (AvgIpc) is 2.70. The van der Waals surface area contributed by atoms with Crippen LogP contribution in [-0.2, 0) is 20.2 Å². The van der Waals surface area contributed by atoms with Gasteiger partial charge in [-0.25, -0.2) is 13.0 Å².